The number of hydrogen-bond acceptors (Lipinski definition) is 5. The van der Waals surface area contributed by atoms with E-state index < -0.39 is 5.97 Å². The second-order valence-corrected chi connectivity index (χ2v) is 6.40. The van der Waals surface area contributed by atoms with E-state index in [4.69, 9.17) is 19.0 Å². The highest BCUT2D eigenvalue weighted by Crippen LogP contribution is 2.31. The highest BCUT2D eigenvalue weighted by molar-refractivity contribution is 5.96. The number of aliphatic carboxylic acids is 1. The molecule has 1 fully saturated rings. The first-order chi connectivity index (χ1) is 13.0. The number of furan rings is 1. The summed E-state index contributed by atoms with van der Waals surface area (Å²) in [6.07, 6.45) is 2.06. The molecular weight excluding hydrogens is 350 g/mol. The molecule has 1 aromatic carbocycles. The van der Waals surface area contributed by atoms with Crippen molar-refractivity contribution < 1.29 is 28.6 Å². The first-order valence-electron chi connectivity index (χ1n) is 8.97. The number of hydrogen-bond donors (Lipinski definition) is 1. The second-order valence-electron chi connectivity index (χ2n) is 6.40. The lowest BCUT2D eigenvalue weighted by molar-refractivity contribution is -0.137. The first kappa shape index (κ1) is 19.0. The molecule has 27 heavy (non-hydrogen) atoms. The normalized spacial score (nSPS) is 15.1. The van der Waals surface area contributed by atoms with Crippen molar-refractivity contribution >= 4 is 28.4 Å². The molecule has 1 aliphatic heterocycles. The van der Waals surface area contributed by atoms with E-state index >= 15 is 0 Å². The molecule has 1 aliphatic rings. The van der Waals surface area contributed by atoms with E-state index in [1.54, 1.807) is 17.0 Å². The Balaban J connectivity index is 1.73. The van der Waals surface area contributed by atoms with Crippen molar-refractivity contribution in [3.05, 3.63) is 36.1 Å². The molecule has 144 valence electrons. The van der Waals surface area contributed by atoms with Gasteiger partial charge in [0.25, 0.3) is 0 Å². The number of carbonyl (C=O) groups is 2. The number of morpholine rings is 1. The van der Waals surface area contributed by atoms with Gasteiger partial charge in [-0.3, -0.25) is 9.59 Å². The Morgan fingerprint density at radius 2 is 2.07 bits per heavy atom. The summed E-state index contributed by atoms with van der Waals surface area (Å²) in [5, 5.41) is 9.56. The first-order valence-corrected chi connectivity index (χ1v) is 8.97. The van der Waals surface area contributed by atoms with Crippen molar-refractivity contribution in [3.63, 3.8) is 0 Å². The number of benzene rings is 1. The third kappa shape index (κ3) is 4.89. The van der Waals surface area contributed by atoms with Crippen molar-refractivity contribution in [2.75, 3.05) is 32.9 Å². The van der Waals surface area contributed by atoms with E-state index in [2.05, 4.69) is 0 Å². The number of rotatable bonds is 7. The topological polar surface area (TPSA) is 89.2 Å². The maximum absolute atomic E-state index is 12.4. The Kier molecular flexibility index (Phi) is 6.13. The molecule has 0 saturated carbocycles. The van der Waals surface area contributed by atoms with Gasteiger partial charge in [0.15, 0.2) is 11.3 Å². The maximum atomic E-state index is 12.4. The van der Waals surface area contributed by atoms with Gasteiger partial charge in [-0.25, -0.2) is 0 Å². The van der Waals surface area contributed by atoms with Gasteiger partial charge in [-0.15, -0.1) is 0 Å². The van der Waals surface area contributed by atoms with E-state index in [0.717, 1.165) is 11.0 Å². The quantitative estimate of drug-likeness (QED) is 0.593. The van der Waals surface area contributed by atoms with Gasteiger partial charge in [0.2, 0.25) is 5.91 Å². The molecule has 2 heterocycles. The summed E-state index contributed by atoms with van der Waals surface area (Å²) in [6, 6.07) is 7.42. The molecule has 1 N–H and O–H groups in total. The molecular formula is C20H23NO6. The number of fused-ring (bicyclic) bond motifs is 1. The van der Waals surface area contributed by atoms with E-state index in [0.29, 0.717) is 56.4 Å². The number of ether oxygens (including phenoxy) is 2. The molecule has 1 aromatic heterocycles. The zero-order valence-corrected chi connectivity index (χ0v) is 15.3. The Morgan fingerprint density at radius 1 is 1.30 bits per heavy atom. The maximum Gasteiger partial charge on any atom is 0.303 e. The molecule has 7 nitrogen and oxygen atoms in total. The summed E-state index contributed by atoms with van der Waals surface area (Å²) in [6.45, 7) is 4.45. The molecule has 0 spiro atoms. The monoisotopic (exact) mass is 373 g/mol. The van der Waals surface area contributed by atoms with E-state index in [1.165, 1.54) is 0 Å². The summed E-state index contributed by atoms with van der Waals surface area (Å²) in [5.41, 5.74) is 1.33. The van der Waals surface area contributed by atoms with Gasteiger partial charge in [0, 0.05) is 31.0 Å². The number of para-hydroxylation sites is 1. The summed E-state index contributed by atoms with van der Waals surface area (Å²) >= 11 is 0. The van der Waals surface area contributed by atoms with E-state index in [9.17, 15) is 9.59 Å². The molecule has 0 unspecified atom stereocenters. The number of carbonyl (C=O) groups excluding carboxylic acids is 1. The Bertz CT molecular complexity index is 847. The van der Waals surface area contributed by atoms with Gasteiger partial charge < -0.3 is 23.9 Å². The molecule has 0 atom stereocenters. The lowest BCUT2D eigenvalue weighted by Gasteiger charge is -2.25. The summed E-state index contributed by atoms with van der Waals surface area (Å²) in [4.78, 5) is 24.7. The highest BCUT2D eigenvalue weighted by Gasteiger charge is 2.16. The largest absolute Gasteiger partial charge is 0.490 e. The van der Waals surface area contributed by atoms with Gasteiger partial charge in [0.1, 0.15) is 5.76 Å². The Hall–Kier alpha value is -2.80. The minimum Gasteiger partial charge on any atom is -0.490 e. The standard InChI is InChI=1S/C20H23NO6/c1-14(12-18(22)21-7-10-25-11-8-21)17-13-15-4-2-5-16(20(15)27-17)26-9-3-6-19(23)24/h2,4-5,12-13H,3,6-11H2,1H3,(H,23,24). The van der Waals surface area contributed by atoms with Crippen LogP contribution < -0.4 is 4.74 Å². The number of nitrogens with zero attached hydrogens (tertiary/aromatic N) is 1. The van der Waals surface area contributed by atoms with Crippen molar-refractivity contribution in [1.29, 1.82) is 0 Å². The van der Waals surface area contributed by atoms with Crippen LogP contribution in [0.2, 0.25) is 0 Å². The molecule has 1 saturated heterocycles. The lowest BCUT2D eigenvalue weighted by Crippen LogP contribution is -2.39. The fraction of sp³-hybridized carbons (Fsp3) is 0.400. The molecule has 0 aliphatic carbocycles. The molecule has 0 bridgehead atoms. The van der Waals surface area contributed by atoms with E-state index in [1.807, 2.05) is 25.1 Å². The summed E-state index contributed by atoms with van der Waals surface area (Å²) < 4.78 is 16.9. The molecule has 2 aromatic rings. The van der Waals surface area contributed by atoms with Crippen molar-refractivity contribution in [3.8, 4) is 5.75 Å². The lowest BCUT2D eigenvalue weighted by atomic mass is 10.2. The van der Waals surface area contributed by atoms with Gasteiger partial charge >= 0.3 is 5.97 Å². The number of carboxylic acid groups (broad SMARTS) is 1. The predicted molar refractivity (Wildman–Crippen MR) is 99.6 cm³/mol. The van der Waals surface area contributed by atoms with Crippen LogP contribution in [0.4, 0.5) is 0 Å². The summed E-state index contributed by atoms with van der Waals surface area (Å²) in [7, 11) is 0. The fourth-order valence-corrected chi connectivity index (χ4v) is 2.88. The van der Waals surface area contributed by atoms with Crippen LogP contribution in [0.5, 0.6) is 5.75 Å². The highest BCUT2D eigenvalue weighted by atomic mass is 16.5. The smallest absolute Gasteiger partial charge is 0.303 e. The van der Waals surface area contributed by atoms with Crippen LogP contribution in [0.1, 0.15) is 25.5 Å². The summed E-state index contributed by atoms with van der Waals surface area (Å²) in [5.74, 6) is 0.272. The SMILES string of the molecule is CC(=CC(=O)N1CCOCC1)c1cc2cccc(OCCCC(=O)O)c2o1. The number of allylic oxidation sites excluding steroid dienone is 1. The van der Waals surface area contributed by atoms with Crippen LogP contribution in [0.15, 0.2) is 34.8 Å². The predicted octanol–water partition coefficient (Wildman–Crippen LogP) is 2.94. The van der Waals surface area contributed by atoms with Crippen LogP contribution in [0, 0.1) is 0 Å². The Labute approximate surface area is 157 Å². The average Bonchev–Trinajstić information content (AvgIpc) is 3.11. The van der Waals surface area contributed by atoms with Gasteiger partial charge in [-0.1, -0.05) is 12.1 Å². The number of carboxylic acids is 1. The van der Waals surface area contributed by atoms with Crippen molar-refractivity contribution in [2.45, 2.75) is 19.8 Å². The second kappa shape index (κ2) is 8.73. The van der Waals surface area contributed by atoms with Crippen LogP contribution in [-0.4, -0.2) is 54.8 Å². The minimum absolute atomic E-state index is 0.0543. The Morgan fingerprint density at radius 3 is 2.81 bits per heavy atom. The minimum atomic E-state index is -0.845. The van der Waals surface area contributed by atoms with Crippen LogP contribution in [-0.2, 0) is 14.3 Å². The van der Waals surface area contributed by atoms with E-state index in [-0.39, 0.29) is 12.3 Å². The third-order valence-corrected chi connectivity index (χ3v) is 4.35. The van der Waals surface area contributed by atoms with Gasteiger partial charge in [-0.05, 0) is 31.1 Å². The molecule has 3 rings (SSSR count). The average molecular weight is 373 g/mol. The van der Waals surface area contributed by atoms with Crippen molar-refractivity contribution in [1.82, 2.24) is 4.90 Å². The van der Waals surface area contributed by atoms with Gasteiger partial charge in [-0.2, -0.15) is 0 Å². The van der Waals surface area contributed by atoms with Gasteiger partial charge in [0.05, 0.1) is 19.8 Å². The van der Waals surface area contributed by atoms with Crippen LogP contribution in [0.3, 0.4) is 0 Å². The zero-order chi connectivity index (χ0) is 19.2. The number of amides is 1. The third-order valence-electron chi connectivity index (χ3n) is 4.35. The van der Waals surface area contributed by atoms with Crippen molar-refractivity contribution in [2.24, 2.45) is 0 Å². The fourth-order valence-electron chi connectivity index (χ4n) is 2.88. The zero-order valence-electron chi connectivity index (χ0n) is 15.3. The molecule has 0 radical (unpaired) electrons. The molecule has 1 amide bonds. The molecule has 7 heteroatoms. The van der Waals surface area contributed by atoms with Crippen LogP contribution >= 0.6 is 0 Å². The van der Waals surface area contributed by atoms with Crippen LogP contribution in [0.25, 0.3) is 16.5 Å².